The Hall–Kier alpha value is -1.34. The van der Waals surface area contributed by atoms with E-state index in [-0.39, 0.29) is 5.82 Å². The first-order valence-electron chi connectivity index (χ1n) is 4.19. The highest BCUT2D eigenvalue weighted by Gasteiger charge is 2.02. The number of hydrogen-bond donors (Lipinski definition) is 0. The molecule has 0 nitrogen and oxygen atoms in total. The molecule has 0 aliphatic heterocycles. The molecule has 14 heavy (non-hydrogen) atoms. The van der Waals surface area contributed by atoms with Gasteiger partial charge in [0.2, 0.25) is 0 Å². The van der Waals surface area contributed by atoms with Gasteiger partial charge < -0.3 is 0 Å². The highest BCUT2D eigenvalue weighted by Crippen LogP contribution is 2.23. The summed E-state index contributed by atoms with van der Waals surface area (Å²) in [6, 6.07) is 14.6. The van der Waals surface area contributed by atoms with E-state index in [1.807, 2.05) is 0 Å². The predicted molar refractivity (Wildman–Crippen MR) is 55.7 cm³/mol. The summed E-state index contributed by atoms with van der Waals surface area (Å²) >= 11 is 5.73. The molecule has 69 valence electrons. The molecular formula is C12H7ClF. The molecule has 0 fully saturated rings. The topological polar surface area (TPSA) is 0 Å². The lowest BCUT2D eigenvalue weighted by molar-refractivity contribution is 0.631. The van der Waals surface area contributed by atoms with Gasteiger partial charge in [0, 0.05) is 10.6 Å². The van der Waals surface area contributed by atoms with Crippen molar-refractivity contribution in [3.63, 3.8) is 0 Å². The second-order valence-electron chi connectivity index (χ2n) is 2.90. The largest absolute Gasteiger partial charge is 0.206 e. The summed E-state index contributed by atoms with van der Waals surface area (Å²) in [7, 11) is 0. The van der Waals surface area contributed by atoms with Gasteiger partial charge in [-0.25, -0.2) is 4.39 Å². The molecular weight excluding hydrogens is 199 g/mol. The van der Waals surface area contributed by atoms with Crippen molar-refractivity contribution in [2.75, 3.05) is 0 Å². The van der Waals surface area contributed by atoms with E-state index >= 15 is 0 Å². The molecule has 0 N–H and O–H groups in total. The van der Waals surface area contributed by atoms with Gasteiger partial charge in [0.1, 0.15) is 5.82 Å². The summed E-state index contributed by atoms with van der Waals surface area (Å²) < 4.78 is 13.3. The summed E-state index contributed by atoms with van der Waals surface area (Å²) in [6.07, 6.45) is 0. The fourth-order valence-corrected chi connectivity index (χ4v) is 1.38. The van der Waals surface area contributed by atoms with E-state index in [1.165, 1.54) is 6.07 Å². The van der Waals surface area contributed by atoms with Crippen LogP contribution in [0.15, 0.2) is 42.5 Å². The van der Waals surface area contributed by atoms with Crippen LogP contribution in [0.2, 0.25) is 5.02 Å². The summed E-state index contributed by atoms with van der Waals surface area (Å²) in [5.41, 5.74) is 1.26. The lowest BCUT2D eigenvalue weighted by Crippen LogP contribution is -1.82. The fraction of sp³-hybridized carbons (Fsp3) is 0. The third kappa shape index (κ3) is 1.78. The molecule has 2 heteroatoms. The second kappa shape index (κ2) is 3.81. The predicted octanol–water partition coefficient (Wildman–Crippen LogP) is 3.95. The van der Waals surface area contributed by atoms with Crippen LogP contribution in [0.4, 0.5) is 4.39 Å². The highest BCUT2D eigenvalue weighted by molar-refractivity contribution is 6.30. The van der Waals surface area contributed by atoms with E-state index in [2.05, 4.69) is 6.07 Å². The minimum Gasteiger partial charge on any atom is -0.206 e. The van der Waals surface area contributed by atoms with Gasteiger partial charge in [-0.05, 0) is 29.8 Å². The summed E-state index contributed by atoms with van der Waals surface area (Å²) in [5.74, 6) is -0.269. The van der Waals surface area contributed by atoms with Crippen LogP contribution in [-0.2, 0) is 0 Å². The number of halogens is 2. The van der Waals surface area contributed by atoms with Gasteiger partial charge in [0.15, 0.2) is 0 Å². The quantitative estimate of drug-likeness (QED) is 0.662. The maximum atomic E-state index is 13.3. The number of benzene rings is 2. The minimum absolute atomic E-state index is 0.269. The van der Waals surface area contributed by atoms with Gasteiger partial charge in [-0.3, -0.25) is 0 Å². The van der Waals surface area contributed by atoms with E-state index in [0.717, 1.165) is 5.56 Å². The molecule has 2 aromatic carbocycles. The zero-order valence-corrected chi connectivity index (χ0v) is 8.05. The molecule has 0 saturated carbocycles. The van der Waals surface area contributed by atoms with Crippen LogP contribution in [0, 0.1) is 11.9 Å². The molecule has 0 saturated heterocycles. The standard InChI is InChI=1S/C12H7ClF/c13-10-7-5-9(6-8-10)11-3-1-2-4-12(11)14/h1-2,4-8H. The molecule has 0 aromatic heterocycles. The zero-order chi connectivity index (χ0) is 9.97. The Kier molecular flexibility index (Phi) is 2.51. The van der Waals surface area contributed by atoms with Crippen molar-refractivity contribution in [3.8, 4) is 11.1 Å². The van der Waals surface area contributed by atoms with Crippen molar-refractivity contribution >= 4 is 11.6 Å². The minimum atomic E-state index is -0.269. The van der Waals surface area contributed by atoms with Crippen LogP contribution < -0.4 is 0 Å². The van der Waals surface area contributed by atoms with E-state index < -0.39 is 0 Å². The molecule has 1 radical (unpaired) electrons. The van der Waals surface area contributed by atoms with Gasteiger partial charge in [0.05, 0.1) is 0 Å². The van der Waals surface area contributed by atoms with Crippen LogP contribution in [0.1, 0.15) is 0 Å². The van der Waals surface area contributed by atoms with Crippen LogP contribution in [0.3, 0.4) is 0 Å². The molecule has 0 spiro atoms. The fourth-order valence-electron chi connectivity index (χ4n) is 1.25. The Balaban J connectivity index is 2.50. The third-order valence-corrected chi connectivity index (χ3v) is 2.19. The molecule has 0 heterocycles. The Morgan fingerprint density at radius 1 is 1.07 bits per heavy atom. The molecule has 0 atom stereocenters. The van der Waals surface area contributed by atoms with Crippen LogP contribution in [0.25, 0.3) is 11.1 Å². The first kappa shape index (κ1) is 9.22. The Bertz CT molecular complexity index is 434. The zero-order valence-electron chi connectivity index (χ0n) is 7.30. The Morgan fingerprint density at radius 3 is 2.43 bits per heavy atom. The molecule has 0 unspecified atom stereocenters. The van der Waals surface area contributed by atoms with Gasteiger partial charge >= 0.3 is 0 Å². The smallest absolute Gasteiger partial charge is 0.131 e. The summed E-state index contributed by atoms with van der Waals surface area (Å²) in [4.78, 5) is 0. The van der Waals surface area contributed by atoms with Crippen molar-refractivity contribution in [3.05, 3.63) is 59.4 Å². The average Bonchev–Trinajstić information content (AvgIpc) is 2.20. The maximum Gasteiger partial charge on any atom is 0.131 e. The third-order valence-electron chi connectivity index (χ3n) is 1.94. The van der Waals surface area contributed by atoms with E-state index in [4.69, 9.17) is 11.6 Å². The van der Waals surface area contributed by atoms with Crippen molar-refractivity contribution in [1.82, 2.24) is 0 Å². The average molecular weight is 206 g/mol. The van der Waals surface area contributed by atoms with Gasteiger partial charge in [-0.1, -0.05) is 35.9 Å². The Morgan fingerprint density at radius 2 is 1.79 bits per heavy atom. The summed E-state index contributed by atoms with van der Waals surface area (Å²) in [5, 5.41) is 0.644. The molecule has 0 aliphatic carbocycles. The molecule has 2 rings (SSSR count). The SMILES string of the molecule is Fc1ccc[c]c1-c1ccc(Cl)cc1. The van der Waals surface area contributed by atoms with Gasteiger partial charge in [-0.2, -0.15) is 0 Å². The van der Waals surface area contributed by atoms with Crippen molar-refractivity contribution in [2.24, 2.45) is 0 Å². The summed E-state index contributed by atoms with van der Waals surface area (Å²) in [6.45, 7) is 0. The Labute approximate surface area is 87.0 Å². The monoisotopic (exact) mass is 205 g/mol. The molecule has 0 bridgehead atoms. The van der Waals surface area contributed by atoms with E-state index in [9.17, 15) is 4.39 Å². The molecule has 0 amide bonds. The highest BCUT2D eigenvalue weighted by atomic mass is 35.5. The second-order valence-corrected chi connectivity index (χ2v) is 3.34. The van der Waals surface area contributed by atoms with Crippen LogP contribution >= 0.6 is 11.6 Å². The van der Waals surface area contributed by atoms with E-state index in [0.29, 0.717) is 10.6 Å². The van der Waals surface area contributed by atoms with E-state index in [1.54, 1.807) is 36.4 Å². The van der Waals surface area contributed by atoms with Crippen molar-refractivity contribution in [1.29, 1.82) is 0 Å². The lowest BCUT2D eigenvalue weighted by atomic mass is 10.1. The number of hydrogen-bond acceptors (Lipinski definition) is 0. The van der Waals surface area contributed by atoms with Gasteiger partial charge in [-0.15, -0.1) is 0 Å². The molecule has 2 aromatic rings. The lowest BCUT2D eigenvalue weighted by Gasteiger charge is -2.01. The molecule has 0 aliphatic rings. The normalized spacial score (nSPS) is 10.1. The first-order chi connectivity index (χ1) is 6.77. The van der Waals surface area contributed by atoms with Crippen molar-refractivity contribution in [2.45, 2.75) is 0 Å². The number of rotatable bonds is 1. The van der Waals surface area contributed by atoms with Gasteiger partial charge in [0.25, 0.3) is 0 Å². The maximum absolute atomic E-state index is 13.3. The van der Waals surface area contributed by atoms with Crippen molar-refractivity contribution < 1.29 is 4.39 Å². The first-order valence-corrected chi connectivity index (χ1v) is 4.57. The van der Waals surface area contributed by atoms with Crippen LogP contribution in [-0.4, -0.2) is 0 Å². The van der Waals surface area contributed by atoms with Crippen LogP contribution in [0.5, 0.6) is 0 Å².